The van der Waals surface area contributed by atoms with Gasteiger partial charge in [-0.15, -0.1) is 0 Å². The molecule has 5 heterocycles. The molecule has 0 saturated carbocycles. The summed E-state index contributed by atoms with van der Waals surface area (Å²) in [6.45, 7) is 2.29. The second kappa shape index (κ2) is 12.4. The number of pyridine rings is 4. The van der Waals surface area contributed by atoms with Gasteiger partial charge in [0, 0.05) is 71.9 Å². The number of hydrogen-bond donors (Lipinski definition) is 3. The van der Waals surface area contributed by atoms with Crippen LogP contribution in [0, 0.1) is 0 Å². The van der Waals surface area contributed by atoms with E-state index >= 15 is 0 Å². The van der Waals surface area contributed by atoms with Gasteiger partial charge in [-0.2, -0.15) is 0 Å². The third-order valence-corrected chi connectivity index (χ3v) is 8.67. The van der Waals surface area contributed by atoms with E-state index in [1.165, 1.54) is 6.20 Å². The number of carbonyl (C=O) groups is 1. The maximum absolute atomic E-state index is 11.2. The van der Waals surface area contributed by atoms with E-state index in [2.05, 4.69) is 36.6 Å². The molecule has 1 aliphatic heterocycles. The number of nitrogens with one attached hydrogen (secondary N) is 2. The fourth-order valence-electron chi connectivity index (χ4n) is 5.66. The number of halogens is 2. The summed E-state index contributed by atoms with van der Waals surface area (Å²) in [4.78, 5) is 31.6. The molecule has 1 atom stereocenters. The van der Waals surface area contributed by atoms with Crippen molar-refractivity contribution in [3.8, 4) is 11.1 Å². The highest BCUT2D eigenvalue weighted by Gasteiger charge is 2.21. The van der Waals surface area contributed by atoms with Gasteiger partial charge in [0.15, 0.2) is 17.9 Å². The Bertz CT molecular complexity index is 2070. The van der Waals surface area contributed by atoms with Crippen molar-refractivity contribution in [1.29, 1.82) is 0 Å². The minimum Gasteiger partial charge on any atom is -0.392 e. The highest BCUT2D eigenvalue weighted by molar-refractivity contribution is 6.39. The van der Waals surface area contributed by atoms with E-state index in [9.17, 15) is 9.90 Å². The quantitative estimate of drug-likeness (QED) is 0.147. The Balaban J connectivity index is 1.17. The van der Waals surface area contributed by atoms with Crippen molar-refractivity contribution in [1.82, 2.24) is 24.8 Å². The number of β-amino-alcohol motifs (C(OH)–C–C–N with tert-alkyl or cyclic N) is 1. The predicted molar refractivity (Wildman–Crippen MR) is 179 cm³/mol. The molecule has 2 aromatic carbocycles. The Labute approximate surface area is 268 Å². The van der Waals surface area contributed by atoms with Crippen LogP contribution < -0.4 is 10.6 Å². The molecule has 0 spiro atoms. The third kappa shape index (κ3) is 5.91. The smallest absolute Gasteiger partial charge is 0.156 e. The van der Waals surface area contributed by atoms with Crippen molar-refractivity contribution < 1.29 is 9.90 Å². The lowest BCUT2D eigenvalue weighted by atomic mass is 10.0. The van der Waals surface area contributed by atoms with E-state index in [1.54, 1.807) is 24.5 Å². The Morgan fingerprint density at radius 3 is 2.00 bits per heavy atom. The Hall–Kier alpha value is -4.67. The van der Waals surface area contributed by atoms with Crippen molar-refractivity contribution in [2.75, 3.05) is 23.7 Å². The van der Waals surface area contributed by atoms with E-state index in [4.69, 9.17) is 28.2 Å². The molecule has 0 bridgehead atoms. The van der Waals surface area contributed by atoms with Gasteiger partial charge in [0.2, 0.25) is 0 Å². The van der Waals surface area contributed by atoms with Crippen molar-refractivity contribution >= 4 is 74.3 Å². The minimum absolute atomic E-state index is 0.259. The molecule has 7 rings (SSSR count). The molecular weight excluding hydrogens is 609 g/mol. The first-order valence-corrected chi connectivity index (χ1v) is 15.2. The van der Waals surface area contributed by atoms with E-state index in [0.29, 0.717) is 50.7 Å². The largest absolute Gasteiger partial charge is 0.392 e. The van der Waals surface area contributed by atoms with E-state index in [0.717, 1.165) is 58.8 Å². The highest BCUT2D eigenvalue weighted by atomic mass is 35.5. The predicted octanol–water partition coefficient (Wildman–Crippen LogP) is 7.41. The van der Waals surface area contributed by atoms with E-state index in [1.807, 2.05) is 48.7 Å². The molecule has 0 radical (unpaired) electrons. The number of likely N-dealkylation sites (tertiary alicyclic amines) is 1. The lowest BCUT2D eigenvalue weighted by Crippen LogP contribution is -2.21. The van der Waals surface area contributed by atoms with Gasteiger partial charge in [-0.05, 0) is 48.4 Å². The topological polar surface area (TPSA) is 116 Å². The average molecular weight is 637 g/mol. The third-order valence-electron chi connectivity index (χ3n) is 7.86. The average Bonchev–Trinajstić information content (AvgIpc) is 3.47. The van der Waals surface area contributed by atoms with Gasteiger partial charge in [0.1, 0.15) is 11.0 Å². The SMILES string of the molecule is O=Cc1cnc2c(Nc3cccc(-c4cccc(Nc5nccc6cc(CN7CC[C@@H](O)C7)cnc56)c4Cl)c3Cl)nccc2c1. The van der Waals surface area contributed by atoms with Crippen LogP contribution in [0.2, 0.25) is 10.0 Å². The monoisotopic (exact) mass is 635 g/mol. The first kappa shape index (κ1) is 29.1. The van der Waals surface area contributed by atoms with Crippen LogP contribution >= 0.6 is 23.2 Å². The molecule has 224 valence electrons. The van der Waals surface area contributed by atoms with Gasteiger partial charge in [-0.1, -0.05) is 47.5 Å². The lowest BCUT2D eigenvalue weighted by Gasteiger charge is -2.17. The number of aliphatic hydroxyl groups excluding tert-OH is 1. The number of aldehydes is 1. The van der Waals surface area contributed by atoms with Crippen molar-refractivity contribution in [3.05, 3.63) is 107 Å². The Morgan fingerprint density at radius 1 is 0.822 bits per heavy atom. The number of benzene rings is 2. The zero-order valence-electron chi connectivity index (χ0n) is 23.9. The van der Waals surface area contributed by atoms with Gasteiger partial charge in [0.05, 0.1) is 27.5 Å². The second-order valence-electron chi connectivity index (χ2n) is 11.0. The van der Waals surface area contributed by atoms with E-state index in [-0.39, 0.29) is 6.10 Å². The fourth-order valence-corrected chi connectivity index (χ4v) is 6.21. The highest BCUT2D eigenvalue weighted by Crippen LogP contribution is 2.42. The zero-order valence-corrected chi connectivity index (χ0v) is 25.4. The molecule has 1 saturated heterocycles. The van der Waals surface area contributed by atoms with Gasteiger partial charge in [-0.3, -0.25) is 19.7 Å². The van der Waals surface area contributed by atoms with E-state index < -0.39 is 0 Å². The van der Waals surface area contributed by atoms with Crippen molar-refractivity contribution in [3.63, 3.8) is 0 Å². The molecule has 3 N–H and O–H groups in total. The Morgan fingerprint density at radius 2 is 1.42 bits per heavy atom. The van der Waals surface area contributed by atoms with Gasteiger partial charge in [0.25, 0.3) is 0 Å². The van der Waals surface area contributed by atoms with Gasteiger partial charge in [-0.25, -0.2) is 9.97 Å². The molecule has 6 aromatic rings. The fraction of sp³-hybridized carbons (Fsp3) is 0.147. The Kier molecular flexibility index (Phi) is 7.99. The molecule has 45 heavy (non-hydrogen) atoms. The minimum atomic E-state index is -0.259. The molecular formula is C34H27Cl2N7O2. The van der Waals surface area contributed by atoms with Crippen molar-refractivity contribution in [2.24, 2.45) is 0 Å². The van der Waals surface area contributed by atoms with Crippen LogP contribution in [0.25, 0.3) is 32.9 Å². The van der Waals surface area contributed by atoms with Gasteiger partial charge < -0.3 is 15.7 Å². The molecule has 0 aliphatic carbocycles. The number of anilines is 4. The molecule has 9 nitrogen and oxygen atoms in total. The standard InChI is InChI=1S/C34H27Cl2N7O2/c35-29-25(26-4-2-6-28(30(26)36)42-34-32-23(8-11-38-34)14-21(19-44)16-40-32)3-1-5-27(29)41-33-31-22(7-10-37-33)13-20(15-39-31)17-43-12-9-24(45)18-43/h1-8,10-11,13-16,19,24,45H,9,12,17-18H2,(H,37,41)(H,38,42)/t24-/m1/s1. The van der Waals surface area contributed by atoms with Crippen LogP contribution in [0.1, 0.15) is 22.3 Å². The van der Waals surface area contributed by atoms with Crippen LogP contribution in [-0.4, -0.2) is 55.4 Å². The molecule has 4 aromatic heterocycles. The summed E-state index contributed by atoms with van der Waals surface area (Å²) in [6.07, 6.45) is 8.07. The summed E-state index contributed by atoms with van der Waals surface area (Å²) < 4.78 is 0. The van der Waals surface area contributed by atoms with Crippen LogP contribution in [0.5, 0.6) is 0 Å². The van der Waals surface area contributed by atoms with Crippen LogP contribution in [0.4, 0.5) is 23.0 Å². The zero-order chi connectivity index (χ0) is 30.9. The summed E-state index contributed by atoms with van der Waals surface area (Å²) in [5.41, 5.74) is 5.66. The van der Waals surface area contributed by atoms with Crippen molar-refractivity contribution in [2.45, 2.75) is 19.1 Å². The van der Waals surface area contributed by atoms with Crippen LogP contribution in [-0.2, 0) is 6.54 Å². The second-order valence-corrected chi connectivity index (χ2v) is 11.7. The summed E-state index contributed by atoms with van der Waals surface area (Å²) in [6, 6.07) is 19.0. The number of carbonyl (C=O) groups excluding carboxylic acids is 1. The lowest BCUT2D eigenvalue weighted by molar-refractivity contribution is 0.112. The molecule has 0 amide bonds. The number of nitrogens with zero attached hydrogens (tertiary/aromatic N) is 5. The summed E-state index contributed by atoms with van der Waals surface area (Å²) in [5, 5.41) is 19.2. The summed E-state index contributed by atoms with van der Waals surface area (Å²) in [5.74, 6) is 1.10. The molecule has 1 fully saturated rings. The first-order chi connectivity index (χ1) is 22.0. The summed E-state index contributed by atoms with van der Waals surface area (Å²) >= 11 is 14.0. The summed E-state index contributed by atoms with van der Waals surface area (Å²) in [7, 11) is 0. The van der Waals surface area contributed by atoms with Crippen LogP contribution in [0.3, 0.4) is 0 Å². The normalized spacial score (nSPS) is 15.0. The van der Waals surface area contributed by atoms with Crippen LogP contribution in [0.15, 0.2) is 85.5 Å². The molecule has 1 aliphatic rings. The number of aromatic nitrogens is 4. The maximum atomic E-state index is 11.2. The number of rotatable bonds is 8. The van der Waals surface area contributed by atoms with Gasteiger partial charge >= 0.3 is 0 Å². The first-order valence-electron chi connectivity index (χ1n) is 14.4. The number of aliphatic hydroxyl groups is 1. The number of hydrogen-bond acceptors (Lipinski definition) is 9. The maximum Gasteiger partial charge on any atom is 0.156 e. The molecule has 0 unspecified atom stereocenters. The molecule has 11 heteroatoms. The number of fused-ring (bicyclic) bond motifs is 2.